The molecule has 0 spiro atoms. The van der Waals surface area contributed by atoms with Crippen LogP contribution in [0.25, 0.3) is 16.7 Å². The molecule has 0 radical (unpaired) electrons. The fraction of sp³-hybridized carbons (Fsp3) is 0.308. The van der Waals surface area contributed by atoms with Gasteiger partial charge in [0.2, 0.25) is 0 Å². The van der Waals surface area contributed by atoms with Crippen LogP contribution in [0.2, 0.25) is 5.02 Å². The third kappa shape index (κ3) is 4.23. The van der Waals surface area contributed by atoms with Gasteiger partial charge in [-0.25, -0.2) is 14.6 Å². The molecule has 174 valence electrons. The van der Waals surface area contributed by atoms with Crippen molar-refractivity contribution in [3.05, 3.63) is 77.2 Å². The first kappa shape index (κ1) is 22.3. The summed E-state index contributed by atoms with van der Waals surface area (Å²) in [5.74, 6) is 1.81. The summed E-state index contributed by atoms with van der Waals surface area (Å²) in [6.45, 7) is 6.94. The number of fused-ring (bicyclic) bond motifs is 1. The van der Waals surface area contributed by atoms with E-state index in [4.69, 9.17) is 21.6 Å². The number of para-hydroxylation sites is 1. The Hall–Kier alpha value is -3.45. The summed E-state index contributed by atoms with van der Waals surface area (Å²) in [4.78, 5) is 27.1. The molecule has 0 bridgehead atoms. The first-order chi connectivity index (χ1) is 16.5. The van der Waals surface area contributed by atoms with Crippen molar-refractivity contribution in [3.8, 4) is 5.69 Å². The molecule has 0 aliphatic carbocycles. The molecule has 0 saturated carbocycles. The van der Waals surface area contributed by atoms with Crippen LogP contribution in [-0.4, -0.2) is 56.7 Å². The van der Waals surface area contributed by atoms with Crippen LogP contribution < -0.4 is 4.90 Å². The first-order valence-electron chi connectivity index (χ1n) is 11.6. The fourth-order valence-electron chi connectivity index (χ4n) is 4.30. The molecule has 7 nitrogen and oxygen atoms in total. The Bertz CT molecular complexity index is 1320. The molecule has 3 heterocycles. The Kier molecular flexibility index (Phi) is 6.20. The minimum absolute atomic E-state index is 0.0277. The lowest BCUT2D eigenvalue weighted by Crippen LogP contribution is -2.35. The van der Waals surface area contributed by atoms with Crippen LogP contribution >= 0.6 is 11.6 Å². The zero-order valence-electron chi connectivity index (χ0n) is 19.4. The highest BCUT2D eigenvalue weighted by Crippen LogP contribution is 2.29. The van der Waals surface area contributed by atoms with Gasteiger partial charge in [0.05, 0.1) is 27.9 Å². The van der Waals surface area contributed by atoms with Gasteiger partial charge >= 0.3 is 0 Å². The number of anilines is 1. The number of nitrogens with zero attached hydrogens (tertiary/aromatic N) is 6. The van der Waals surface area contributed by atoms with Gasteiger partial charge in [-0.05, 0) is 30.7 Å². The number of carbonyl (C=O) groups is 1. The van der Waals surface area contributed by atoms with Crippen LogP contribution in [0.3, 0.4) is 0 Å². The van der Waals surface area contributed by atoms with Crippen molar-refractivity contribution < 1.29 is 4.79 Å². The Morgan fingerprint density at radius 2 is 1.71 bits per heavy atom. The molecule has 4 aromatic rings. The van der Waals surface area contributed by atoms with E-state index in [1.165, 1.54) is 0 Å². The number of aromatic nitrogens is 4. The Labute approximate surface area is 204 Å². The minimum atomic E-state index is -0.0277. The monoisotopic (exact) mass is 474 g/mol. The highest BCUT2D eigenvalue weighted by Gasteiger charge is 2.25. The average molecular weight is 475 g/mol. The van der Waals surface area contributed by atoms with Gasteiger partial charge < -0.3 is 9.80 Å². The van der Waals surface area contributed by atoms with Gasteiger partial charge in [-0.2, -0.15) is 5.10 Å². The normalized spacial score (nSPS) is 14.6. The second-order valence-corrected chi connectivity index (χ2v) is 9.21. The topological polar surface area (TPSA) is 67.2 Å². The third-order valence-electron chi connectivity index (χ3n) is 6.13. The van der Waals surface area contributed by atoms with Crippen molar-refractivity contribution in [2.45, 2.75) is 26.2 Å². The van der Waals surface area contributed by atoms with E-state index in [0.717, 1.165) is 41.3 Å². The predicted molar refractivity (Wildman–Crippen MR) is 135 cm³/mol. The van der Waals surface area contributed by atoms with E-state index < -0.39 is 0 Å². The smallest absolute Gasteiger partial charge is 0.255 e. The van der Waals surface area contributed by atoms with E-state index in [9.17, 15) is 4.79 Å². The summed E-state index contributed by atoms with van der Waals surface area (Å²) >= 11 is 6.28. The second-order valence-electron chi connectivity index (χ2n) is 8.80. The molecule has 5 rings (SSSR count). The van der Waals surface area contributed by atoms with Crippen molar-refractivity contribution >= 4 is 34.4 Å². The molecule has 1 amide bonds. The van der Waals surface area contributed by atoms with E-state index >= 15 is 0 Å². The van der Waals surface area contributed by atoms with Crippen molar-refractivity contribution in [3.63, 3.8) is 0 Å². The number of hydrogen-bond donors (Lipinski definition) is 0. The van der Waals surface area contributed by atoms with Gasteiger partial charge in [0, 0.05) is 32.1 Å². The van der Waals surface area contributed by atoms with E-state index in [1.54, 1.807) is 12.1 Å². The molecular weight excluding hydrogens is 448 g/mol. The number of carbonyl (C=O) groups excluding carboxylic acids is 1. The highest BCUT2D eigenvalue weighted by molar-refractivity contribution is 6.33. The maximum atomic E-state index is 13.1. The number of rotatable bonds is 4. The largest absolute Gasteiger partial charge is 0.354 e. The van der Waals surface area contributed by atoms with Crippen LogP contribution in [0.1, 0.15) is 42.4 Å². The van der Waals surface area contributed by atoms with E-state index in [-0.39, 0.29) is 11.8 Å². The van der Waals surface area contributed by atoms with Crippen LogP contribution in [-0.2, 0) is 0 Å². The van der Waals surface area contributed by atoms with Crippen LogP contribution in [0.4, 0.5) is 5.82 Å². The van der Waals surface area contributed by atoms with Crippen molar-refractivity contribution in [2.24, 2.45) is 0 Å². The van der Waals surface area contributed by atoms with Crippen LogP contribution in [0.5, 0.6) is 0 Å². The van der Waals surface area contributed by atoms with Crippen molar-refractivity contribution in [2.75, 3.05) is 31.1 Å². The summed E-state index contributed by atoms with van der Waals surface area (Å²) in [6, 6.07) is 17.2. The average Bonchev–Trinajstić information content (AvgIpc) is 3.13. The number of benzene rings is 2. The molecule has 1 aliphatic heterocycles. The van der Waals surface area contributed by atoms with Gasteiger partial charge in [-0.15, -0.1) is 0 Å². The first-order valence-corrected chi connectivity index (χ1v) is 12.0. The summed E-state index contributed by atoms with van der Waals surface area (Å²) in [6.07, 6.45) is 2.69. The quantitative estimate of drug-likeness (QED) is 0.419. The van der Waals surface area contributed by atoms with Gasteiger partial charge in [-0.3, -0.25) is 4.79 Å². The molecule has 0 atom stereocenters. The Morgan fingerprint density at radius 3 is 2.47 bits per heavy atom. The zero-order chi connectivity index (χ0) is 23.7. The SMILES string of the molecule is CC(C)c1nc(N2CCCN(C(=O)c3ccccc3Cl)CC2)c2cnn(-c3ccccc3)c2n1. The number of halogens is 1. The fourth-order valence-corrected chi connectivity index (χ4v) is 4.52. The lowest BCUT2D eigenvalue weighted by atomic mass is 10.2. The highest BCUT2D eigenvalue weighted by atomic mass is 35.5. The van der Waals surface area contributed by atoms with Gasteiger partial charge in [0.25, 0.3) is 5.91 Å². The number of amides is 1. The maximum Gasteiger partial charge on any atom is 0.255 e. The summed E-state index contributed by atoms with van der Waals surface area (Å²) in [5.41, 5.74) is 2.31. The van der Waals surface area contributed by atoms with E-state index in [1.807, 2.05) is 58.2 Å². The Balaban J connectivity index is 1.47. The molecule has 0 N–H and O–H groups in total. The molecule has 0 unspecified atom stereocenters. The molecular formula is C26H27ClN6O. The Morgan fingerprint density at radius 1 is 0.941 bits per heavy atom. The van der Waals surface area contributed by atoms with Crippen molar-refractivity contribution in [1.82, 2.24) is 24.6 Å². The molecule has 1 fully saturated rings. The molecule has 8 heteroatoms. The zero-order valence-corrected chi connectivity index (χ0v) is 20.1. The molecule has 1 aliphatic rings. The summed E-state index contributed by atoms with van der Waals surface area (Å²) in [5, 5.41) is 6.05. The van der Waals surface area contributed by atoms with Crippen LogP contribution in [0, 0.1) is 0 Å². The van der Waals surface area contributed by atoms with E-state index in [2.05, 4.69) is 23.8 Å². The predicted octanol–water partition coefficient (Wildman–Crippen LogP) is 4.94. The number of hydrogen-bond acceptors (Lipinski definition) is 5. The standard InChI is InChI=1S/C26H27ClN6O/c1-18(2)23-29-24(21-17-28-33(25(21)30-23)19-9-4-3-5-10-19)31-13-8-14-32(16-15-31)26(34)20-11-6-7-12-22(20)27/h3-7,9-12,17-18H,8,13-16H2,1-2H3. The third-order valence-corrected chi connectivity index (χ3v) is 6.46. The molecule has 1 saturated heterocycles. The lowest BCUT2D eigenvalue weighted by Gasteiger charge is -2.24. The van der Waals surface area contributed by atoms with Gasteiger partial charge in [0.1, 0.15) is 11.6 Å². The van der Waals surface area contributed by atoms with Crippen LogP contribution in [0.15, 0.2) is 60.8 Å². The summed E-state index contributed by atoms with van der Waals surface area (Å²) in [7, 11) is 0. The molecule has 34 heavy (non-hydrogen) atoms. The van der Waals surface area contributed by atoms with Gasteiger partial charge in [0.15, 0.2) is 5.65 Å². The van der Waals surface area contributed by atoms with E-state index in [0.29, 0.717) is 30.2 Å². The second kappa shape index (κ2) is 9.43. The minimum Gasteiger partial charge on any atom is -0.354 e. The maximum absolute atomic E-state index is 13.1. The molecule has 2 aromatic carbocycles. The molecule has 2 aromatic heterocycles. The lowest BCUT2D eigenvalue weighted by molar-refractivity contribution is 0.0767. The van der Waals surface area contributed by atoms with Gasteiger partial charge in [-0.1, -0.05) is 55.8 Å². The summed E-state index contributed by atoms with van der Waals surface area (Å²) < 4.78 is 1.87. The van der Waals surface area contributed by atoms with Crippen molar-refractivity contribution in [1.29, 1.82) is 0 Å².